The Bertz CT molecular complexity index is 1090. The first-order valence-corrected chi connectivity index (χ1v) is 11.2. The summed E-state index contributed by atoms with van der Waals surface area (Å²) >= 11 is 1.25. The minimum absolute atomic E-state index is 0.108. The van der Waals surface area contributed by atoms with Gasteiger partial charge in [-0.15, -0.1) is 11.8 Å². The van der Waals surface area contributed by atoms with Crippen LogP contribution in [-0.2, 0) is 10.0 Å². The van der Waals surface area contributed by atoms with Gasteiger partial charge in [-0.3, -0.25) is 0 Å². The maximum absolute atomic E-state index is 13.4. The molecule has 0 aromatic heterocycles. The molecule has 2 atom stereocenters. The van der Waals surface area contributed by atoms with E-state index in [4.69, 9.17) is 0 Å². The van der Waals surface area contributed by atoms with E-state index in [2.05, 4.69) is 10.8 Å². The summed E-state index contributed by atoms with van der Waals surface area (Å²) in [6.07, 6.45) is 0. The van der Waals surface area contributed by atoms with Crippen LogP contribution in [0.1, 0.15) is 17.2 Å². The summed E-state index contributed by atoms with van der Waals surface area (Å²) in [5.74, 6) is -0.432. The van der Waals surface area contributed by atoms with E-state index in [1.807, 2.05) is 37.3 Å². The first kappa shape index (κ1) is 21.1. The van der Waals surface area contributed by atoms with Crippen LogP contribution >= 0.6 is 11.8 Å². The molecule has 0 heterocycles. The van der Waals surface area contributed by atoms with Crippen LogP contribution in [0.25, 0.3) is 0 Å². The highest BCUT2D eigenvalue weighted by atomic mass is 32.2. The number of aryl methyl sites for hydroxylation is 1. The molecule has 148 valence electrons. The lowest BCUT2D eigenvalue weighted by molar-refractivity contribution is 0.560. The predicted molar refractivity (Wildman–Crippen MR) is 112 cm³/mol. The molecule has 4 nitrogen and oxygen atoms in total. The Balaban J connectivity index is 1.97. The van der Waals surface area contributed by atoms with Crippen LogP contribution in [0.15, 0.2) is 88.7 Å². The molecule has 0 aliphatic carbocycles. The van der Waals surface area contributed by atoms with Gasteiger partial charge in [-0.25, -0.2) is 17.5 Å². The number of hydrogen-bond donors (Lipinski definition) is 1. The molecule has 0 unspecified atom stereocenters. The summed E-state index contributed by atoms with van der Waals surface area (Å²) in [6, 6.07) is 22.5. The second-order valence-corrected chi connectivity index (χ2v) is 9.37. The molecule has 0 radical (unpaired) electrons. The average molecular weight is 427 g/mol. The normalized spacial score (nSPS) is 13.4. The molecule has 0 spiro atoms. The quantitative estimate of drug-likeness (QED) is 0.549. The van der Waals surface area contributed by atoms with Crippen LogP contribution in [-0.4, -0.2) is 13.7 Å². The molecule has 3 aromatic carbocycles. The number of sulfonamides is 1. The number of nitriles is 1. The zero-order valence-electron chi connectivity index (χ0n) is 15.6. The molecular formula is C22H19FN2O2S2. The fraction of sp³-hybridized carbons (Fsp3) is 0.136. The molecule has 0 saturated heterocycles. The van der Waals surface area contributed by atoms with E-state index in [1.165, 1.54) is 48.2 Å². The molecule has 0 fully saturated rings. The number of nitrogens with zero attached hydrogens (tertiary/aromatic N) is 1. The van der Waals surface area contributed by atoms with Crippen LogP contribution in [0.3, 0.4) is 0 Å². The van der Waals surface area contributed by atoms with Crippen LogP contribution in [0.4, 0.5) is 4.39 Å². The Hall–Kier alpha value is -2.66. The lowest BCUT2D eigenvalue weighted by Crippen LogP contribution is -2.34. The molecule has 0 aliphatic heterocycles. The second-order valence-electron chi connectivity index (χ2n) is 6.44. The van der Waals surface area contributed by atoms with E-state index >= 15 is 0 Å². The smallest absolute Gasteiger partial charge is 0.207 e. The largest absolute Gasteiger partial charge is 0.241 e. The molecule has 29 heavy (non-hydrogen) atoms. The van der Waals surface area contributed by atoms with Crippen molar-refractivity contribution in [3.63, 3.8) is 0 Å². The maximum Gasteiger partial charge on any atom is 0.241 e. The van der Waals surface area contributed by atoms with Crippen molar-refractivity contribution in [2.45, 2.75) is 28.0 Å². The number of thioether (sulfide) groups is 1. The molecule has 0 amide bonds. The van der Waals surface area contributed by atoms with Crippen molar-refractivity contribution in [1.82, 2.24) is 4.72 Å². The fourth-order valence-corrected chi connectivity index (χ4v) is 5.09. The van der Waals surface area contributed by atoms with E-state index < -0.39 is 27.1 Å². The van der Waals surface area contributed by atoms with Gasteiger partial charge in [0.1, 0.15) is 11.1 Å². The van der Waals surface area contributed by atoms with Crippen LogP contribution in [0.5, 0.6) is 0 Å². The summed E-state index contributed by atoms with van der Waals surface area (Å²) in [7, 11) is -3.89. The summed E-state index contributed by atoms with van der Waals surface area (Å²) in [5, 5.41) is 9.04. The second kappa shape index (κ2) is 9.23. The lowest BCUT2D eigenvalue weighted by atomic mass is 10.1. The van der Waals surface area contributed by atoms with Crippen molar-refractivity contribution in [1.29, 1.82) is 5.26 Å². The van der Waals surface area contributed by atoms with Crippen LogP contribution in [0, 0.1) is 24.1 Å². The number of nitrogens with one attached hydrogen (secondary N) is 1. The van der Waals surface area contributed by atoms with Crippen molar-refractivity contribution in [2.24, 2.45) is 0 Å². The number of halogens is 1. The van der Waals surface area contributed by atoms with E-state index in [0.29, 0.717) is 5.56 Å². The third-order valence-electron chi connectivity index (χ3n) is 4.28. The monoisotopic (exact) mass is 426 g/mol. The van der Waals surface area contributed by atoms with E-state index in [0.717, 1.165) is 10.5 Å². The standard InChI is InChI=1S/C22H19FN2O2S2/c1-16-7-13-20(14-8-16)29(26,27)25-22(17-9-11-18(23)12-10-17)21(15-24)28-19-5-3-2-4-6-19/h2-14,21-22,25H,1H3/t21-,22+/m1/s1. The third-order valence-corrected chi connectivity index (χ3v) is 6.91. The summed E-state index contributed by atoms with van der Waals surface area (Å²) in [4.78, 5) is 0.942. The van der Waals surface area contributed by atoms with E-state index in [1.54, 1.807) is 12.1 Å². The van der Waals surface area contributed by atoms with Crippen molar-refractivity contribution < 1.29 is 12.8 Å². The fourth-order valence-electron chi connectivity index (χ4n) is 2.74. The zero-order chi connectivity index (χ0) is 20.9. The first-order valence-electron chi connectivity index (χ1n) is 8.85. The molecule has 1 N–H and O–H groups in total. The Kier molecular flexibility index (Phi) is 6.70. The van der Waals surface area contributed by atoms with Gasteiger partial charge in [0.15, 0.2) is 0 Å². The molecule has 0 aliphatic rings. The number of benzene rings is 3. The van der Waals surface area contributed by atoms with Crippen molar-refractivity contribution in [3.05, 3.63) is 95.8 Å². The van der Waals surface area contributed by atoms with Gasteiger partial charge in [0.05, 0.1) is 17.0 Å². The lowest BCUT2D eigenvalue weighted by Gasteiger charge is -2.23. The topological polar surface area (TPSA) is 70.0 Å². The molecule has 7 heteroatoms. The Morgan fingerprint density at radius 3 is 2.17 bits per heavy atom. The summed E-state index contributed by atoms with van der Waals surface area (Å²) in [5.41, 5.74) is 1.45. The summed E-state index contributed by atoms with van der Waals surface area (Å²) < 4.78 is 42.0. The highest BCUT2D eigenvalue weighted by molar-refractivity contribution is 8.00. The molecule has 0 saturated carbocycles. The number of rotatable bonds is 7. The van der Waals surface area contributed by atoms with Gasteiger partial charge in [-0.2, -0.15) is 5.26 Å². The van der Waals surface area contributed by atoms with E-state index in [-0.39, 0.29) is 4.90 Å². The van der Waals surface area contributed by atoms with Crippen molar-refractivity contribution in [2.75, 3.05) is 0 Å². The highest BCUT2D eigenvalue weighted by Crippen LogP contribution is 2.33. The van der Waals surface area contributed by atoms with Gasteiger partial charge in [0, 0.05) is 4.90 Å². The minimum atomic E-state index is -3.89. The van der Waals surface area contributed by atoms with Crippen LogP contribution < -0.4 is 4.72 Å². The first-order chi connectivity index (χ1) is 13.9. The van der Waals surface area contributed by atoms with Crippen LogP contribution in [0.2, 0.25) is 0 Å². The Morgan fingerprint density at radius 1 is 0.966 bits per heavy atom. The van der Waals surface area contributed by atoms with Crippen molar-refractivity contribution >= 4 is 21.8 Å². The molecule has 0 bridgehead atoms. The zero-order valence-corrected chi connectivity index (χ0v) is 17.3. The SMILES string of the molecule is Cc1ccc(S(=O)(=O)N[C@@H](c2ccc(F)cc2)[C@@H](C#N)Sc2ccccc2)cc1. The molecule has 3 aromatic rings. The Labute approximate surface area is 174 Å². The van der Waals surface area contributed by atoms with Gasteiger partial charge < -0.3 is 0 Å². The minimum Gasteiger partial charge on any atom is -0.207 e. The summed E-state index contributed by atoms with van der Waals surface area (Å²) in [6.45, 7) is 1.87. The van der Waals surface area contributed by atoms with E-state index in [9.17, 15) is 18.1 Å². The maximum atomic E-state index is 13.4. The third kappa shape index (κ3) is 5.45. The van der Waals surface area contributed by atoms with Gasteiger partial charge in [0.25, 0.3) is 0 Å². The van der Waals surface area contributed by atoms with Gasteiger partial charge in [-0.1, -0.05) is 48.0 Å². The predicted octanol–water partition coefficient (Wildman–Crippen LogP) is 4.84. The van der Waals surface area contributed by atoms with Gasteiger partial charge in [-0.05, 0) is 48.9 Å². The number of hydrogen-bond acceptors (Lipinski definition) is 4. The van der Waals surface area contributed by atoms with Gasteiger partial charge in [0.2, 0.25) is 10.0 Å². The Morgan fingerprint density at radius 2 is 1.59 bits per heavy atom. The van der Waals surface area contributed by atoms with Crippen molar-refractivity contribution in [3.8, 4) is 6.07 Å². The molecular weight excluding hydrogens is 407 g/mol. The average Bonchev–Trinajstić information content (AvgIpc) is 2.72. The highest BCUT2D eigenvalue weighted by Gasteiger charge is 2.29. The van der Waals surface area contributed by atoms with Gasteiger partial charge >= 0.3 is 0 Å². The molecule has 3 rings (SSSR count).